The van der Waals surface area contributed by atoms with E-state index in [1.807, 2.05) is 13.8 Å². The summed E-state index contributed by atoms with van der Waals surface area (Å²) in [6, 6.07) is 0. The van der Waals surface area contributed by atoms with Gasteiger partial charge in [-0.25, -0.2) is 18.5 Å². The number of hydrogen-bond acceptors (Lipinski definition) is 16. The summed E-state index contributed by atoms with van der Waals surface area (Å²) in [6.07, 6.45) is -2.35. The van der Waals surface area contributed by atoms with E-state index in [4.69, 9.17) is 41.0 Å². The highest BCUT2D eigenvalue weighted by Gasteiger charge is 2.43. The third kappa shape index (κ3) is 13.9. The number of nitrogens with two attached hydrogens (primary N) is 2. The Morgan fingerprint density at radius 1 is 1.27 bits per heavy atom. The number of ether oxygens (including phenoxy) is 3. The van der Waals surface area contributed by atoms with Gasteiger partial charge < -0.3 is 45.3 Å². The van der Waals surface area contributed by atoms with Crippen LogP contribution in [0.4, 0.5) is 5.82 Å². The molecule has 1 aromatic rings. The van der Waals surface area contributed by atoms with Crippen molar-refractivity contribution in [1.29, 1.82) is 0 Å². The molecule has 5 atom stereocenters. The Hall–Kier alpha value is -1.50. The minimum absolute atomic E-state index is 0.0348. The molecule has 2 unspecified atom stereocenters. The Balaban J connectivity index is 2.13. The van der Waals surface area contributed by atoms with Gasteiger partial charge >= 0.3 is 29.2 Å². The zero-order chi connectivity index (χ0) is 33.2. The molecule has 0 spiro atoms. The van der Waals surface area contributed by atoms with Crippen LogP contribution in [0.1, 0.15) is 32.1 Å². The standard InChI is InChI=1S/C18H30N7O14P3S2/c1-18(2,9-19)44-43-11-34-5-3-4-12-7-25(17(26)23-16(12)20)15-6-13(35-10-22-24-21)14(37-15)8-36-41(30,31)39-42(32,33)38-40(27,28)29/h7,13-15H,5-6,8-11,19H2,1-2H3,(H,30,31)(H,32,33)(H2,20,23,26)(H2,27,28,29)/t13-,14-,15-/m1/s1. The molecule has 248 valence electrons. The quantitative estimate of drug-likeness (QED) is 0.0194. The number of phosphoric acid groups is 3. The van der Waals surface area contributed by atoms with Crippen LogP contribution in [-0.2, 0) is 41.1 Å². The van der Waals surface area contributed by atoms with Gasteiger partial charge in [-0.15, -0.1) is 0 Å². The number of nitrogens with zero attached hydrogens (tertiary/aromatic N) is 5. The van der Waals surface area contributed by atoms with Crippen molar-refractivity contribution in [2.45, 2.75) is 43.5 Å². The average molecular weight is 726 g/mol. The highest BCUT2D eigenvalue weighted by atomic mass is 33.1. The molecule has 1 aliphatic rings. The van der Waals surface area contributed by atoms with Crippen LogP contribution in [0.15, 0.2) is 16.1 Å². The van der Waals surface area contributed by atoms with Crippen LogP contribution in [0.3, 0.4) is 0 Å². The molecule has 0 bridgehead atoms. The smallest absolute Gasteiger partial charge is 0.382 e. The van der Waals surface area contributed by atoms with Crippen LogP contribution in [0.25, 0.3) is 10.4 Å². The molecule has 0 amide bonds. The Bertz CT molecular complexity index is 1460. The summed E-state index contributed by atoms with van der Waals surface area (Å²) in [5, 5.41) is 3.22. The van der Waals surface area contributed by atoms with Gasteiger partial charge in [-0.2, -0.15) is 13.6 Å². The molecule has 0 saturated carbocycles. The predicted molar refractivity (Wildman–Crippen MR) is 156 cm³/mol. The van der Waals surface area contributed by atoms with Gasteiger partial charge in [0, 0.05) is 28.8 Å². The first-order chi connectivity index (χ1) is 20.4. The number of azide groups is 1. The van der Waals surface area contributed by atoms with Crippen LogP contribution in [-0.4, -0.2) is 78.5 Å². The summed E-state index contributed by atoms with van der Waals surface area (Å²) in [5.41, 5.74) is 19.3. The first-order valence-corrected chi connectivity index (χ1v) is 18.7. The summed E-state index contributed by atoms with van der Waals surface area (Å²) in [5.74, 6) is 5.66. The van der Waals surface area contributed by atoms with Crippen molar-refractivity contribution >= 4 is 50.9 Å². The van der Waals surface area contributed by atoms with Crippen LogP contribution in [0.2, 0.25) is 0 Å². The van der Waals surface area contributed by atoms with E-state index < -0.39 is 60.9 Å². The lowest BCUT2D eigenvalue weighted by atomic mass is 10.2. The van der Waals surface area contributed by atoms with Gasteiger partial charge in [0.2, 0.25) is 0 Å². The highest BCUT2D eigenvalue weighted by Crippen LogP contribution is 2.66. The first-order valence-electron chi connectivity index (χ1n) is 11.9. The third-order valence-electron chi connectivity index (χ3n) is 5.00. The number of rotatable bonds is 17. The first kappa shape index (κ1) is 38.7. The van der Waals surface area contributed by atoms with Crippen molar-refractivity contribution < 1.29 is 60.6 Å². The zero-order valence-corrected chi connectivity index (χ0v) is 27.3. The molecule has 1 fully saturated rings. The van der Waals surface area contributed by atoms with Gasteiger partial charge in [-0.3, -0.25) is 9.09 Å². The lowest BCUT2D eigenvalue weighted by molar-refractivity contribution is -0.0601. The van der Waals surface area contributed by atoms with E-state index in [-0.39, 0.29) is 29.2 Å². The van der Waals surface area contributed by atoms with E-state index in [0.29, 0.717) is 12.5 Å². The SMILES string of the molecule is CC(C)(CN)SSCOCC#Cc1cn([C@H]2C[C@@H](OCN=[N+]=[N-])[C@@H](COP(=O)(O)OP(=O)(O)OP(=O)(O)O)O2)c(=O)nc1N. The number of nitrogen functional groups attached to an aromatic ring is 1. The Labute approximate surface area is 257 Å². The molecule has 44 heavy (non-hydrogen) atoms. The van der Waals surface area contributed by atoms with Crippen molar-refractivity contribution in [2.75, 3.05) is 38.2 Å². The normalized spacial score (nSPS) is 21.5. The van der Waals surface area contributed by atoms with Gasteiger partial charge in [0.1, 0.15) is 37.4 Å². The molecule has 2 rings (SSSR count). The zero-order valence-electron chi connectivity index (χ0n) is 23.0. The van der Waals surface area contributed by atoms with Crippen LogP contribution in [0.5, 0.6) is 0 Å². The molecule has 0 aromatic carbocycles. The second-order valence-electron chi connectivity index (χ2n) is 8.98. The topological polar surface area (TPSA) is 323 Å². The molecule has 26 heteroatoms. The minimum atomic E-state index is -5.76. The van der Waals surface area contributed by atoms with Gasteiger partial charge in [0.25, 0.3) is 0 Å². The van der Waals surface area contributed by atoms with E-state index in [2.05, 4.69) is 40.0 Å². The summed E-state index contributed by atoms with van der Waals surface area (Å²) in [7, 11) is -13.8. The second-order valence-corrected chi connectivity index (χ2v) is 16.3. The number of anilines is 1. The maximum absolute atomic E-state index is 12.6. The molecule has 1 saturated heterocycles. The number of hydrogen-bond donors (Lipinski definition) is 6. The van der Waals surface area contributed by atoms with Crippen molar-refractivity contribution in [2.24, 2.45) is 10.8 Å². The van der Waals surface area contributed by atoms with Crippen molar-refractivity contribution in [3.8, 4) is 11.8 Å². The highest BCUT2D eigenvalue weighted by molar-refractivity contribution is 8.77. The van der Waals surface area contributed by atoms with E-state index in [1.165, 1.54) is 17.0 Å². The molecular weight excluding hydrogens is 695 g/mol. The maximum atomic E-state index is 12.6. The number of aromatic nitrogens is 2. The lowest BCUT2D eigenvalue weighted by Gasteiger charge is -2.21. The molecule has 0 radical (unpaired) electrons. The molecule has 8 N–H and O–H groups in total. The Morgan fingerprint density at radius 3 is 2.61 bits per heavy atom. The Kier molecular flexibility index (Phi) is 14.8. The van der Waals surface area contributed by atoms with E-state index in [9.17, 15) is 28.3 Å². The minimum Gasteiger partial charge on any atom is -0.382 e. The summed E-state index contributed by atoms with van der Waals surface area (Å²) < 4.78 is 63.9. The molecule has 1 aliphatic heterocycles. The largest absolute Gasteiger partial charge is 0.490 e. The van der Waals surface area contributed by atoms with Crippen molar-refractivity contribution in [1.82, 2.24) is 9.55 Å². The molecule has 2 heterocycles. The van der Waals surface area contributed by atoms with Gasteiger partial charge in [-0.05, 0) is 19.4 Å². The van der Waals surface area contributed by atoms with Crippen LogP contribution in [0, 0.1) is 11.8 Å². The van der Waals surface area contributed by atoms with Gasteiger partial charge in [0.15, 0.2) is 0 Å². The fourth-order valence-corrected chi connectivity index (χ4v) is 8.21. The van der Waals surface area contributed by atoms with Gasteiger partial charge in [0.05, 0.1) is 18.3 Å². The Morgan fingerprint density at radius 2 is 1.98 bits per heavy atom. The van der Waals surface area contributed by atoms with E-state index in [0.717, 1.165) is 4.57 Å². The maximum Gasteiger partial charge on any atom is 0.490 e. The molecule has 0 aliphatic carbocycles. The third-order valence-corrected chi connectivity index (χ3v) is 11.8. The lowest BCUT2D eigenvalue weighted by Crippen LogP contribution is -2.29. The summed E-state index contributed by atoms with van der Waals surface area (Å²) in [4.78, 5) is 55.3. The fourth-order valence-electron chi connectivity index (χ4n) is 3.08. The van der Waals surface area contributed by atoms with Crippen molar-refractivity contribution in [3.63, 3.8) is 0 Å². The van der Waals surface area contributed by atoms with Crippen LogP contribution >= 0.6 is 45.1 Å². The fraction of sp³-hybridized carbons (Fsp3) is 0.667. The predicted octanol–water partition coefficient (Wildman–Crippen LogP) is 1.55. The van der Waals surface area contributed by atoms with Gasteiger partial charge in [-0.1, -0.05) is 38.5 Å². The summed E-state index contributed by atoms with van der Waals surface area (Å²) in [6.45, 7) is 3.11. The van der Waals surface area contributed by atoms with E-state index in [1.54, 1.807) is 10.8 Å². The average Bonchev–Trinajstić information content (AvgIpc) is 3.28. The number of phosphoric ester groups is 1. The summed E-state index contributed by atoms with van der Waals surface area (Å²) >= 11 is 0. The molecule has 1 aromatic heterocycles. The molecule has 21 nitrogen and oxygen atoms in total. The van der Waals surface area contributed by atoms with E-state index >= 15 is 0 Å². The second kappa shape index (κ2) is 16.9. The van der Waals surface area contributed by atoms with Crippen molar-refractivity contribution in [3.05, 3.63) is 32.7 Å². The monoisotopic (exact) mass is 725 g/mol. The van der Waals surface area contributed by atoms with Crippen LogP contribution < -0.4 is 17.2 Å². The molecular formula is C18H30N7O14P3S2.